The molecule has 0 aliphatic carbocycles. The monoisotopic (exact) mass is 614 g/mol. The number of para-hydroxylation sites is 2. The van der Waals surface area contributed by atoms with E-state index < -0.39 is 0 Å². The van der Waals surface area contributed by atoms with E-state index in [0.717, 1.165) is 60.7 Å². The molecule has 0 saturated carbocycles. The van der Waals surface area contributed by atoms with Crippen molar-refractivity contribution in [3.63, 3.8) is 0 Å². The van der Waals surface area contributed by atoms with Crippen molar-refractivity contribution >= 4 is 54.5 Å². The van der Waals surface area contributed by atoms with E-state index in [1.807, 2.05) is 66.7 Å². The van der Waals surface area contributed by atoms with E-state index in [2.05, 4.69) is 95.6 Å². The first-order valence-electron chi connectivity index (χ1n) is 16.0. The van der Waals surface area contributed by atoms with Gasteiger partial charge < -0.3 is 8.98 Å². The lowest BCUT2D eigenvalue weighted by Gasteiger charge is -2.09. The quantitative estimate of drug-likeness (QED) is 0.198. The van der Waals surface area contributed by atoms with Gasteiger partial charge in [-0.2, -0.15) is 0 Å². The third-order valence-corrected chi connectivity index (χ3v) is 9.23. The topological polar surface area (TPSA) is 56.7 Å². The Kier molecular flexibility index (Phi) is 5.81. The first kappa shape index (κ1) is 26.6. The van der Waals surface area contributed by atoms with Crippen molar-refractivity contribution < 1.29 is 4.42 Å². The normalized spacial score (nSPS) is 11.8. The summed E-state index contributed by atoms with van der Waals surface area (Å²) in [6.45, 7) is 0. The molecule has 0 amide bonds. The van der Waals surface area contributed by atoms with Crippen LogP contribution in [0.2, 0.25) is 0 Å². The van der Waals surface area contributed by atoms with Crippen LogP contribution in [0.3, 0.4) is 0 Å². The van der Waals surface area contributed by atoms with Gasteiger partial charge in [-0.1, -0.05) is 127 Å². The maximum atomic E-state index is 7.00. The Bertz CT molecular complexity index is 2780. The molecule has 0 radical (unpaired) electrons. The minimum Gasteiger partial charge on any atom is -0.453 e. The van der Waals surface area contributed by atoms with Crippen LogP contribution in [-0.4, -0.2) is 19.5 Å². The molecule has 0 atom stereocenters. The predicted octanol–water partition coefficient (Wildman–Crippen LogP) is 11.0. The van der Waals surface area contributed by atoms with Crippen LogP contribution in [0.5, 0.6) is 0 Å². The van der Waals surface area contributed by atoms with Gasteiger partial charge in [-0.05, 0) is 41.1 Å². The summed E-state index contributed by atoms with van der Waals surface area (Å²) in [7, 11) is 0. The summed E-state index contributed by atoms with van der Waals surface area (Å²) >= 11 is 0. The molecule has 0 aliphatic heterocycles. The lowest BCUT2D eigenvalue weighted by atomic mass is 10.1. The second kappa shape index (κ2) is 10.5. The van der Waals surface area contributed by atoms with Gasteiger partial charge in [-0.25, -0.2) is 15.0 Å². The third-order valence-electron chi connectivity index (χ3n) is 9.23. The van der Waals surface area contributed by atoms with Crippen molar-refractivity contribution in [2.75, 3.05) is 0 Å². The number of hydrogen-bond acceptors (Lipinski definition) is 4. The fraction of sp³-hybridized carbons (Fsp3) is 0. The highest BCUT2D eigenvalue weighted by Gasteiger charge is 2.22. The Morgan fingerprint density at radius 3 is 1.79 bits per heavy atom. The van der Waals surface area contributed by atoms with Gasteiger partial charge in [0.25, 0.3) is 0 Å². The molecule has 0 fully saturated rings. The van der Waals surface area contributed by atoms with E-state index in [9.17, 15) is 0 Å². The summed E-state index contributed by atoms with van der Waals surface area (Å²) in [6.07, 6.45) is 0. The van der Waals surface area contributed by atoms with Crippen molar-refractivity contribution in [2.45, 2.75) is 0 Å². The highest BCUT2D eigenvalue weighted by Crippen LogP contribution is 2.42. The second-order valence-corrected chi connectivity index (χ2v) is 12.0. The van der Waals surface area contributed by atoms with E-state index >= 15 is 0 Å². The van der Waals surface area contributed by atoms with Crippen LogP contribution < -0.4 is 0 Å². The summed E-state index contributed by atoms with van der Waals surface area (Å²) in [5.74, 6) is 1.80. The van der Waals surface area contributed by atoms with Crippen molar-refractivity contribution in [1.82, 2.24) is 19.5 Å². The lowest BCUT2D eigenvalue weighted by molar-refractivity contribution is 0.671. The summed E-state index contributed by atoms with van der Waals surface area (Å²) in [5.41, 5.74) is 7.52. The van der Waals surface area contributed by atoms with E-state index in [4.69, 9.17) is 19.4 Å². The molecule has 5 nitrogen and oxygen atoms in total. The zero-order valence-electron chi connectivity index (χ0n) is 25.7. The number of nitrogens with zero attached hydrogens (tertiary/aromatic N) is 4. The molecule has 10 aromatic rings. The maximum Gasteiger partial charge on any atom is 0.167 e. The average molecular weight is 615 g/mol. The smallest absolute Gasteiger partial charge is 0.167 e. The van der Waals surface area contributed by atoms with Gasteiger partial charge in [0.15, 0.2) is 23.1 Å². The summed E-state index contributed by atoms with van der Waals surface area (Å²) in [5, 5.41) is 6.79. The fourth-order valence-corrected chi connectivity index (χ4v) is 6.99. The Morgan fingerprint density at radius 2 is 1.02 bits per heavy atom. The fourth-order valence-electron chi connectivity index (χ4n) is 6.99. The molecule has 0 unspecified atom stereocenters. The van der Waals surface area contributed by atoms with Crippen LogP contribution in [0.1, 0.15) is 0 Å². The van der Waals surface area contributed by atoms with Gasteiger partial charge in [0.1, 0.15) is 5.58 Å². The van der Waals surface area contributed by atoms with Crippen molar-refractivity contribution in [3.8, 4) is 39.9 Å². The van der Waals surface area contributed by atoms with Gasteiger partial charge in [-0.15, -0.1) is 0 Å². The van der Waals surface area contributed by atoms with Gasteiger partial charge >= 0.3 is 0 Å². The number of furan rings is 1. The largest absolute Gasteiger partial charge is 0.453 e. The van der Waals surface area contributed by atoms with Gasteiger partial charge in [0, 0.05) is 38.4 Å². The molecule has 7 aromatic carbocycles. The SMILES string of the molecule is c1ccc(-c2nc(-c3ccccc3)nc(-c3cccc4c3oc3c4ccc4c5ccccc5n(-c5ccc6ccccc6c5)c43)n2)cc1. The van der Waals surface area contributed by atoms with Crippen LogP contribution in [0.4, 0.5) is 0 Å². The molecule has 48 heavy (non-hydrogen) atoms. The number of benzene rings is 7. The van der Waals surface area contributed by atoms with Gasteiger partial charge in [0.05, 0.1) is 16.6 Å². The van der Waals surface area contributed by atoms with Crippen LogP contribution in [0.15, 0.2) is 162 Å². The standard InChI is InChI=1S/C43H26N4O/c1-3-13-28(14-4-1)41-44-42(29-15-5-2-6-16-29)46-43(45-41)36-20-11-19-34-35-25-24-33-32-18-9-10-21-37(32)47(38(33)40(35)48-39(34)36)31-23-22-27-12-7-8-17-30(27)26-31/h1-26H. The average Bonchev–Trinajstić information content (AvgIpc) is 3.71. The molecule has 3 heterocycles. The molecule has 0 bridgehead atoms. The Labute approximate surface area is 275 Å². The van der Waals surface area contributed by atoms with Crippen molar-refractivity contribution in [3.05, 3.63) is 158 Å². The third kappa shape index (κ3) is 4.08. The molecular formula is C43H26N4O. The van der Waals surface area contributed by atoms with E-state index in [0.29, 0.717) is 17.5 Å². The zero-order valence-corrected chi connectivity index (χ0v) is 25.7. The van der Waals surface area contributed by atoms with Crippen LogP contribution in [-0.2, 0) is 0 Å². The Balaban J connectivity index is 1.27. The summed E-state index contributed by atoms with van der Waals surface area (Å²) in [4.78, 5) is 14.9. The zero-order chi connectivity index (χ0) is 31.6. The lowest BCUT2D eigenvalue weighted by Crippen LogP contribution is -2.00. The molecule has 0 saturated heterocycles. The summed E-state index contributed by atoms with van der Waals surface area (Å²) in [6, 6.07) is 54.4. The molecule has 0 spiro atoms. The minimum atomic E-state index is 0.568. The highest BCUT2D eigenvalue weighted by atomic mass is 16.3. The molecule has 0 aliphatic rings. The van der Waals surface area contributed by atoms with Gasteiger partial charge in [-0.3, -0.25) is 0 Å². The molecule has 0 N–H and O–H groups in total. The molecular weight excluding hydrogens is 589 g/mol. The molecule has 10 rings (SSSR count). The van der Waals surface area contributed by atoms with Crippen molar-refractivity contribution in [2.24, 2.45) is 0 Å². The number of aromatic nitrogens is 4. The Morgan fingerprint density at radius 1 is 0.417 bits per heavy atom. The minimum absolute atomic E-state index is 0.568. The first-order chi connectivity index (χ1) is 23.8. The van der Waals surface area contributed by atoms with E-state index in [1.165, 1.54) is 16.2 Å². The van der Waals surface area contributed by atoms with Gasteiger partial charge in [0.2, 0.25) is 0 Å². The van der Waals surface area contributed by atoms with Crippen molar-refractivity contribution in [1.29, 1.82) is 0 Å². The number of fused-ring (bicyclic) bond motifs is 8. The van der Waals surface area contributed by atoms with Crippen LogP contribution in [0.25, 0.3) is 94.4 Å². The molecule has 3 aromatic heterocycles. The predicted molar refractivity (Wildman–Crippen MR) is 195 cm³/mol. The van der Waals surface area contributed by atoms with Crippen LogP contribution in [0, 0.1) is 0 Å². The Hall–Kier alpha value is -6.59. The highest BCUT2D eigenvalue weighted by molar-refractivity contribution is 6.22. The van der Waals surface area contributed by atoms with Crippen LogP contribution >= 0.6 is 0 Å². The van der Waals surface area contributed by atoms with E-state index in [-0.39, 0.29) is 0 Å². The molecule has 5 heteroatoms. The molecule has 224 valence electrons. The second-order valence-electron chi connectivity index (χ2n) is 12.0. The number of rotatable bonds is 4. The number of hydrogen-bond donors (Lipinski definition) is 0. The van der Waals surface area contributed by atoms with E-state index in [1.54, 1.807) is 0 Å². The maximum absolute atomic E-state index is 7.00. The first-order valence-corrected chi connectivity index (χ1v) is 16.0. The summed E-state index contributed by atoms with van der Waals surface area (Å²) < 4.78 is 9.34.